The van der Waals surface area contributed by atoms with Gasteiger partial charge in [0, 0.05) is 31.4 Å². The first-order valence-corrected chi connectivity index (χ1v) is 12.5. The maximum absolute atomic E-state index is 14.3. The van der Waals surface area contributed by atoms with Crippen LogP contribution in [-0.2, 0) is 10.0 Å². The Labute approximate surface area is 204 Å². The van der Waals surface area contributed by atoms with Gasteiger partial charge in [-0.2, -0.15) is 4.31 Å². The van der Waals surface area contributed by atoms with E-state index in [-0.39, 0.29) is 30.3 Å². The van der Waals surface area contributed by atoms with Gasteiger partial charge in [0.25, 0.3) is 5.91 Å². The second kappa shape index (κ2) is 10.8. The zero-order chi connectivity index (χ0) is 25.8. The van der Waals surface area contributed by atoms with E-state index in [1.54, 1.807) is 45.2 Å². The van der Waals surface area contributed by atoms with Gasteiger partial charge in [-0.1, -0.05) is 31.5 Å². The smallest absolute Gasteiger partial charge is 0.343 e. The van der Waals surface area contributed by atoms with E-state index in [0.717, 1.165) is 22.0 Å². The van der Waals surface area contributed by atoms with Crippen LogP contribution < -0.4 is 9.64 Å². The highest BCUT2D eigenvalue weighted by Gasteiger charge is 2.27. The molecule has 3 rings (SSSR count). The highest BCUT2D eigenvalue weighted by Crippen LogP contribution is 2.24. The molecule has 0 saturated heterocycles. The number of anilines is 1. The number of aryl methyl sites for hydroxylation is 1. The fourth-order valence-corrected chi connectivity index (χ4v) is 4.99. The maximum atomic E-state index is 14.3. The predicted octanol–water partition coefficient (Wildman–Crippen LogP) is 4.66. The number of nitrogens with zero attached hydrogens (tertiary/aromatic N) is 2. The zero-order valence-corrected chi connectivity index (χ0v) is 20.8. The van der Waals surface area contributed by atoms with Crippen molar-refractivity contribution < 1.29 is 27.1 Å². The van der Waals surface area contributed by atoms with E-state index in [0.29, 0.717) is 11.3 Å². The molecule has 0 atom stereocenters. The summed E-state index contributed by atoms with van der Waals surface area (Å²) in [4.78, 5) is 26.2. The third kappa shape index (κ3) is 5.75. The van der Waals surface area contributed by atoms with Gasteiger partial charge in [0.1, 0.15) is 16.5 Å². The molecule has 0 aliphatic carbocycles. The van der Waals surface area contributed by atoms with Gasteiger partial charge in [-0.15, -0.1) is 0 Å². The number of rotatable bonds is 8. The van der Waals surface area contributed by atoms with E-state index < -0.39 is 26.7 Å². The van der Waals surface area contributed by atoms with Crippen molar-refractivity contribution in [2.45, 2.75) is 25.7 Å². The lowest BCUT2D eigenvalue weighted by atomic mass is 10.1. The lowest BCUT2D eigenvalue weighted by Gasteiger charge is -2.19. The van der Waals surface area contributed by atoms with Crippen LogP contribution in [0.3, 0.4) is 0 Å². The van der Waals surface area contributed by atoms with Crippen LogP contribution in [0.4, 0.5) is 10.1 Å². The van der Waals surface area contributed by atoms with Crippen molar-refractivity contribution in [3.63, 3.8) is 0 Å². The molecule has 3 aromatic rings. The summed E-state index contributed by atoms with van der Waals surface area (Å²) in [6, 6.07) is 16.6. The molecule has 35 heavy (non-hydrogen) atoms. The largest absolute Gasteiger partial charge is 0.423 e. The number of sulfonamides is 1. The molecular formula is C26H27FN2O5S. The molecule has 9 heteroatoms. The number of carbonyl (C=O) groups is 2. The fraction of sp³-hybridized carbons (Fsp3) is 0.231. The van der Waals surface area contributed by atoms with Gasteiger partial charge in [-0.05, 0) is 61.5 Å². The Bertz CT molecular complexity index is 1320. The molecule has 0 fully saturated rings. The molecule has 0 saturated carbocycles. The topological polar surface area (TPSA) is 84.0 Å². The summed E-state index contributed by atoms with van der Waals surface area (Å²) >= 11 is 0. The first-order valence-electron chi connectivity index (χ1n) is 11.0. The Hall–Kier alpha value is -3.56. The van der Waals surface area contributed by atoms with Crippen LogP contribution in [0, 0.1) is 12.7 Å². The molecular weight excluding hydrogens is 471 g/mol. The SMILES string of the molecule is CCN(CC)S(=O)(=O)c1cc(C(=O)Oc2ccc(N(C)C(=O)c3ccc(C)cc3)cc2)ccc1F. The molecule has 0 aliphatic heterocycles. The van der Waals surface area contributed by atoms with Crippen molar-refractivity contribution in [1.29, 1.82) is 0 Å². The summed E-state index contributed by atoms with van der Waals surface area (Å²) < 4.78 is 46.2. The number of benzene rings is 3. The second-order valence-electron chi connectivity index (χ2n) is 7.85. The number of carbonyl (C=O) groups excluding carboxylic acids is 2. The van der Waals surface area contributed by atoms with Crippen molar-refractivity contribution in [2.24, 2.45) is 0 Å². The standard InChI is InChI=1S/C26H27FN2O5S/c1-5-29(6-2)35(32,33)24-17-20(11-16-23(24)27)26(31)34-22-14-12-21(13-15-22)28(4)25(30)19-9-7-18(3)8-10-19/h7-17H,5-6H2,1-4H3. The minimum Gasteiger partial charge on any atom is -0.423 e. The minimum atomic E-state index is -4.10. The Balaban J connectivity index is 1.76. The predicted molar refractivity (Wildman–Crippen MR) is 132 cm³/mol. The summed E-state index contributed by atoms with van der Waals surface area (Å²) in [7, 11) is -2.46. The minimum absolute atomic E-state index is 0.104. The average molecular weight is 499 g/mol. The van der Waals surface area contributed by atoms with Gasteiger partial charge in [0.05, 0.1) is 5.56 Å². The summed E-state index contributed by atoms with van der Waals surface area (Å²) in [6.07, 6.45) is 0. The quantitative estimate of drug-likeness (QED) is 0.333. The number of halogens is 1. The molecule has 0 N–H and O–H groups in total. The molecule has 0 radical (unpaired) electrons. The molecule has 184 valence electrons. The van der Waals surface area contributed by atoms with Gasteiger partial charge < -0.3 is 9.64 Å². The molecule has 0 aliphatic rings. The lowest BCUT2D eigenvalue weighted by Crippen LogP contribution is -2.31. The van der Waals surface area contributed by atoms with Crippen LogP contribution in [-0.4, -0.2) is 44.7 Å². The fourth-order valence-electron chi connectivity index (χ4n) is 3.44. The van der Waals surface area contributed by atoms with Crippen molar-refractivity contribution in [3.8, 4) is 5.75 Å². The Morgan fingerprint density at radius 3 is 2.03 bits per heavy atom. The van der Waals surface area contributed by atoms with E-state index in [1.807, 2.05) is 19.1 Å². The summed E-state index contributed by atoms with van der Waals surface area (Å²) in [6.45, 7) is 5.56. The number of hydrogen-bond donors (Lipinski definition) is 0. The van der Waals surface area contributed by atoms with Gasteiger partial charge in [0.2, 0.25) is 10.0 Å². The summed E-state index contributed by atoms with van der Waals surface area (Å²) in [5.41, 5.74) is 2.08. The first-order chi connectivity index (χ1) is 16.6. The highest BCUT2D eigenvalue weighted by molar-refractivity contribution is 7.89. The Kier molecular flexibility index (Phi) is 8.03. The van der Waals surface area contributed by atoms with Gasteiger partial charge in [-0.3, -0.25) is 4.79 Å². The summed E-state index contributed by atoms with van der Waals surface area (Å²) in [5.74, 6) is -1.78. The van der Waals surface area contributed by atoms with Crippen LogP contribution in [0.2, 0.25) is 0 Å². The molecule has 7 nitrogen and oxygen atoms in total. The Morgan fingerprint density at radius 2 is 1.46 bits per heavy atom. The first kappa shape index (κ1) is 26.1. The van der Waals surface area contributed by atoms with Crippen molar-refractivity contribution in [2.75, 3.05) is 25.0 Å². The van der Waals surface area contributed by atoms with Crippen LogP contribution in [0.25, 0.3) is 0 Å². The molecule has 0 unspecified atom stereocenters. The van der Waals surface area contributed by atoms with E-state index in [2.05, 4.69) is 0 Å². The van der Waals surface area contributed by atoms with Crippen molar-refractivity contribution >= 4 is 27.6 Å². The second-order valence-corrected chi connectivity index (χ2v) is 9.75. The van der Waals surface area contributed by atoms with Crippen LogP contribution in [0.15, 0.2) is 71.6 Å². The molecule has 0 bridgehead atoms. The molecule has 1 amide bonds. The Morgan fingerprint density at radius 1 is 0.886 bits per heavy atom. The zero-order valence-electron chi connectivity index (χ0n) is 20.0. The third-order valence-corrected chi connectivity index (χ3v) is 7.59. The molecule has 0 aromatic heterocycles. The van der Waals surface area contributed by atoms with E-state index in [9.17, 15) is 22.4 Å². The highest BCUT2D eigenvalue weighted by atomic mass is 32.2. The lowest BCUT2D eigenvalue weighted by molar-refractivity contribution is 0.0734. The monoisotopic (exact) mass is 498 g/mol. The van der Waals surface area contributed by atoms with Crippen LogP contribution in [0.1, 0.15) is 40.1 Å². The van der Waals surface area contributed by atoms with E-state index >= 15 is 0 Å². The summed E-state index contributed by atoms with van der Waals surface area (Å²) in [5, 5.41) is 0. The molecule has 0 spiro atoms. The van der Waals surface area contributed by atoms with Crippen LogP contribution in [0.5, 0.6) is 5.75 Å². The molecule has 3 aromatic carbocycles. The van der Waals surface area contributed by atoms with Gasteiger partial charge >= 0.3 is 5.97 Å². The van der Waals surface area contributed by atoms with Gasteiger partial charge in [-0.25, -0.2) is 17.6 Å². The van der Waals surface area contributed by atoms with Gasteiger partial charge in [0.15, 0.2) is 0 Å². The van der Waals surface area contributed by atoms with Crippen LogP contribution >= 0.6 is 0 Å². The number of amides is 1. The maximum Gasteiger partial charge on any atom is 0.343 e. The average Bonchev–Trinajstić information content (AvgIpc) is 2.84. The van der Waals surface area contributed by atoms with Crippen molar-refractivity contribution in [1.82, 2.24) is 4.31 Å². The van der Waals surface area contributed by atoms with E-state index in [4.69, 9.17) is 4.74 Å². The number of ether oxygens (including phenoxy) is 1. The van der Waals surface area contributed by atoms with Crippen molar-refractivity contribution in [3.05, 3.63) is 89.2 Å². The molecule has 0 heterocycles. The number of hydrogen-bond acceptors (Lipinski definition) is 5. The normalized spacial score (nSPS) is 11.4. The third-order valence-electron chi connectivity index (χ3n) is 5.53. The number of esters is 1. The van der Waals surface area contributed by atoms with E-state index in [1.165, 1.54) is 23.1 Å².